The van der Waals surface area contributed by atoms with Crippen molar-refractivity contribution in [1.29, 1.82) is 0 Å². The summed E-state index contributed by atoms with van der Waals surface area (Å²) in [4.78, 5) is 2.60. The van der Waals surface area contributed by atoms with E-state index >= 15 is 0 Å². The van der Waals surface area contributed by atoms with E-state index in [1.807, 2.05) is 0 Å². The van der Waals surface area contributed by atoms with Crippen LogP contribution < -0.4 is 0 Å². The molecule has 0 saturated heterocycles. The first-order valence-corrected chi connectivity index (χ1v) is 5.38. The minimum Gasteiger partial charge on any atom is -0.300 e. The van der Waals surface area contributed by atoms with Gasteiger partial charge in [0, 0.05) is 12.1 Å². The highest BCUT2D eigenvalue weighted by Gasteiger charge is 2.53. The summed E-state index contributed by atoms with van der Waals surface area (Å²) in [5.41, 5.74) is 0.791. The maximum Gasteiger partial charge on any atom is 0.0151 e. The zero-order valence-corrected chi connectivity index (χ0v) is 8.64. The molecule has 0 aromatic heterocycles. The quantitative estimate of drug-likeness (QED) is 0.611. The maximum absolute atomic E-state index is 2.60. The molecule has 2 rings (SSSR count). The summed E-state index contributed by atoms with van der Waals surface area (Å²) < 4.78 is 0. The van der Waals surface area contributed by atoms with E-state index in [9.17, 15) is 0 Å². The van der Waals surface area contributed by atoms with Gasteiger partial charge in [-0.05, 0) is 52.0 Å². The minimum absolute atomic E-state index is 0.727. The molecular formula is C11H21N. The number of rotatable bonds is 2. The molecule has 2 fully saturated rings. The highest BCUT2D eigenvalue weighted by Crippen LogP contribution is 2.59. The first-order chi connectivity index (χ1) is 5.66. The van der Waals surface area contributed by atoms with Gasteiger partial charge >= 0.3 is 0 Å². The predicted molar refractivity (Wildman–Crippen MR) is 52.2 cm³/mol. The lowest BCUT2D eigenvalue weighted by molar-refractivity contribution is 0.148. The van der Waals surface area contributed by atoms with E-state index < -0.39 is 0 Å². The van der Waals surface area contributed by atoms with E-state index in [0.717, 1.165) is 17.5 Å². The van der Waals surface area contributed by atoms with Gasteiger partial charge < -0.3 is 4.90 Å². The molecule has 0 unspecified atom stereocenters. The first-order valence-electron chi connectivity index (χ1n) is 5.38. The van der Waals surface area contributed by atoms with Gasteiger partial charge in [0.15, 0.2) is 0 Å². The van der Waals surface area contributed by atoms with E-state index in [1.165, 1.54) is 32.1 Å². The molecule has 0 bridgehead atoms. The van der Waals surface area contributed by atoms with Crippen LogP contribution in [0.2, 0.25) is 0 Å². The molecular weight excluding hydrogens is 146 g/mol. The number of hydrogen-bond donors (Lipinski definition) is 0. The SMILES string of the molecule is CC(C)N(C)[C@@H]1CCCC12CC2. The van der Waals surface area contributed by atoms with Crippen LogP contribution in [0.1, 0.15) is 46.0 Å². The summed E-state index contributed by atoms with van der Waals surface area (Å²) in [6, 6.07) is 1.64. The van der Waals surface area contributed by atoms with Crippen LogP contribution in [0.3, 0.4) is 0 Å². The van der Waals surface area contributed by atoms with Crippen LogP contribution in [-0.2, 0) is 0 Å². The van der Waals surface area contributed by atoms with Crippen molar-refractivity contribution in [2.45, 2.75) is 58.0 Å². The van der Waals surface area contributed by atoms with E-state index in [1.54, 1.807) is 0 Å². The Morgan fingerprint density at radius 2 is 1.92 bits per heavy atom. The average Bonchev–Trinajstić information content (AvgIpc) is 2.62. The molecule has 0 radical (unpaired) electrons. The molecule has 0 heterocycles. The number of nitrogens with zero attached hydrogens (tertiary/aromatic N) is 1. The summed E-state index contributed by atoms with van der Waals surface area (Å²) in [6.07, 6.45) is 7.45. The second kappa shape index (κ2) is 2.73. The Hall–Kier alpha value is -0.0400. The second-order valence-corrected chi connectivity index (χ2v) is 5.03. The molecule has 2 saturated carbocycles. The van der Waals surface area contributed by atoms with Gasteiger partial charge in [0.1, 0.15) is 0 Å². The van der Waals surface area contributed by atoms with Gasteiger partial charge in [-0.25, -0.2) is 0 Å². The Bertz CT molecular complexity index is 170. The first kappa shape index (κ1) is 8.55. The maximum atomic E-state index is 2.60. The molecule has 12 heavy (non-hydrogen) atoms. The van der Waals surface area contributed by atoms with Gasteiger partial charge in [-0.15, -0.1) is 0 Å². The van der Waals surface area contributed by atoms with Crippen LogP contribution >= 0.6 is 0 Å². The fraction of sp³-hybridized carbons (Fsp3) is 1.00. The highest BCUT2D eigenvalue weighted by molar-refractivity contribution is 5.06. The van der Waals surface area contributed by atoms with Crippen molar-refractivity contribution in [2.75, 3.05) is 7.05 Å². The van der Waals surface area contributed by atoms with Gasteiger partial charge in [0.25, 0.3) is 0 Å². The third-order valence-electron chi connectivity index (χ3n) is 4.06. The van der Waals surface area contributed by atoms with Crippen molar-refractivity contribution in [3.63, 3.8) is 0 Å². The van der Waals surface area contributed by atoms with Crippen molar-refractivity contribution in [2.24, 2.45) is 5.41 Å². The van der Waals surface area contributed by atoms with Gasteiger partial charge in [-0.2, -0.15) is 0 Å². The van der Waals surface area contributed by atoms with Crippen molar-refractivity contribution >= 4 is 0 Å². The van der Waals surface area contributed by atoms with Crippen LogP contribution in [0.25, 0.3) is 0 Å². The molecule has 0 amide bonds. The molecule has 0 aromatic carbocycles. The lowest BCUT2D eigenvalue weighted by Crippen LogP contribution is -2.40. The Kier molecular flexibility index (Phi) is 1.95. The second-order valence-electron chi connectivity index (χ2n) is 5.03. The monoisotopic (exact) mass is 167 g/mol. The lowest BCUT2D eigenvalue weighted by Gasteiger charge is -2.32. The van der Waals surface area contributed by atoms with Crippen molar-refractivity contribution in [3.8, 4) is 0 Å². The van der Waals surface area contributed by atoms with E-state index in [0.29, 0.717) is 0 Å². The van der Waals surface area contributed by atoms with E-state index in [2.05, 4.69) is 25.8 Å². The fourth-order valence-electron chi connectivity index (χ4n) is 2.86. The standard InChI is InChI=1S/C11H21N/c1-9(2)12(3)10-5-4-6-11(10)7-8-11/h9-10H,4-8H2,1-3H3/t10-/m1/s1. The summed E-state index contributed by atoms with van der Waals surface area (Å²) in [6.45, 7) is 4.63. The molecule has 1 atom stereocenters. The average molecular weight is 167 g/mol. The summed E-state index contributed by atoms with van der Waals surface area (Å²) >= 11 is 0. The van der Waals surface area contributed by atoms with Crippen molar-refractivity contribution in [1.82, 2.24) is 4.90 Å². The largest absolute Gasteiger partial charge is 0.300 e. The Morgan fingerprint density at radius 3 is 2.42 bits per heavy atom. The van der Waals surface area contributed by atoms with Crippen molar-refractivity contribution in [3.05, 3.63) is 0 Å². The van der Waals surface area contributed by atoms with E-state index in [-0.39, 0.29) is 0 Å². The smallest absolute Gasteiger partial charge is 0.0151 e. The Balaban J connectivity index is 2.03. The van der Waals surface area contributed by atoms with Crippen LogP contribution in [0.15, 0.2) is 0 Å². The zero-order chi connectivity index (χ0) is 8.77. The van der Waals surface area contributed by atoms with Gasteiger partial charge in [0.05, 0.1) is 0 Å². The molecule has 1 heteroatoms. The van der Waals surface area contributed by atoms with Crippen LogP contribution in [-0.4, -0.2) is 24.0 Å². The number of hydrogen-bond acceptors (Lipinski definition) is 1. The van der Waals surface area contributed by atoms with E-state index in [4.69, 9.17) is 0 Å². The van der Waals surface area contributed by atoms with Crippen LogP contribution in [0.4, 0.5) is 0 Å². The van der Waals surface area contributed by atoms with Gasteiger partial charge in [0.2, 0.25) is 0 Å². The van der Waals surface area contributed by atoms with Crippen LogP contribution in [0.5, 0.6) is 0 Å². The Morgan fingerprint density at radius 1 is 1.25 bits per heavy atom. The normalized spacial score (nSPS) is 32.2. The van der Waals surface area contributed by atoms with Gasteiger partial charge in [-0.1, -0.05) is 6.42 Å². The topological polar surface area (TPSA) is 3.24 Å². The minimum atomic E-state index is 0.727. The van der Waals surface area contributed by atoms with Crippen molar-refractivity contribution < 1.29 is 0 Å². The highest BCUT2D eigenvalue weighted by atomic mass is 15.2. The fourth-order valence-corrected chi connectivity index (χ4v) is 2.86. The zero-order valence-electron chi connectivity index (χ0n) is 8.64. The summed E-state index contributed by atoms with van der Waals surface area (Å²) in [7, 11) is 2.31. The third-order valence-corrected chi connectivity index (χ3v) is 4.06. The molecule has 70 valence electrons. The molecule has 2 aliphatic rings. The summed E-state index contributed by atoms with van der Waals surface area (Å²) in [5, 5.41) is 0. The third kappa shape index (κ3) is 1.19. The molecule has 0 aliphatic heterocycles. The molecule has 1 nitrogen and oxygen atoms in total. The Labute approximate surface area is 76.1 Å². The van der Waals surface area contributed by atoms with Gasteiger partial charge in [-0.3, -0.25) is 0 Å². The molecule has 2 aliphatic carbocycles. The summed E-state index contributed by atoms with van der Waals surface area (Å²) in [5.74, 6) is 0. The molecule has 1 spiro atoms. The predicted octanol–water partition coefficient (Wildman–Crippen LogP) is 2.66. The molecule has 0 aromatic rings. The lowest BCUT2D eigenvalue weighted by atomic mass is 9.98. The van der Waals surface area contributed by atoms with Crippen LogP contribution in [0, 0.1) is 5.41 Å². The molecule has 0 N–H and O–H groups in total.